The molecule has 2 rings (SSSR count). The summed E-state index contributed by atoms with van der Waals surface area (Å²) in [5.41, 5.74) is 1.91. The molecule has 1 aromatic carbocycles. The molecular formula is C15H20ClN3O2S. The van der Waals surface area contributed by atoms with Crippen LogP contribution in [0.25, 0.3) is 11.0 Å². The number of ether oxygens (including phenoxy) is 1. The number of carbonyl (C=O) groups is 1. The molecule has 0 aliphatic rings. The fourth-order valence-electron chi connectivity index (χ4n) is 2.10. The maximum absolute atomic E-state index is 11.8. The third-order valence-electron chi connectivity index (χ3n) is 3.08. The van der Waals surface area contributed by atoms with Gasteiger partial charge >= 0.3 is 0 Å². The second kappa shape index (κ2) is 8.41. The zero-order valence-corrected chi connectivity index (χ0v) is 14.3. The summed E-state index contributed by atoms with van der Waals surface area (Å²) in [6.07, 6.45) is 1.00. The van der Waals surface area contributed by atoms with E-state index >= 15 is 0 Å². The molecule has 0 aliphatic carbocycles. The highest BCUT2D eigenvalue weighted by atomic mass is 35.5. The first kappa shape index (κ1) is 17.1. The Hall–Kier alpha value is -1.24. The van der Waals surface area contributed by atoms with Crippen molar-refractivity contribution in [2.24, 2.45) is 0 Å². The summed E-state index contributed by atoms with van der Waals surface area (Å²) in [5, 5.41) is 4.32. The van der Waals surface area contributed by atoms with Crippen LogP contribution in [0.5, 0.6) is 0 Å². The predicted octanol–water partition coefficient (Wildman–Crippen LogP) is 2.95. The van der Waals surface area contributed by atoms with Crippen molar-refractivity contribution in [3.63, 3.8) is 0 Å². The molecule has 0 saturated heterocycles. The average Bonchev–Trinajstić information content (AvgIpc) is 2.83. The zero-order chi connectivity index (χ0) is 15.9. The summed E-state index contributed by atoms with van der Waals surface area (Å²) >= 11 is 7.46. The first-order valence-corrected chi connectivity index (χ1v) is 8.56. The first-order valence-electron chi connectivity index (χ1n) is 7.20. The number of amides is 1. The Morgan fingerprint density at radius 3 is 3.05 bits per heavy atom. The van der Waals surface area contributed by atoms with Crippen molar-refractivity contribution >= 4 is 40.3 Å². The summed E-state index contributed by atoms with van der Waals surface area (Å²) in [6.45, 7) is 4.03. The predicted molar refractivity (Wildman–Crippen MR) is 90.6 cm³/mol. The maximum atomic E-state index is 11.8. The third kappa shape index (κ3) is 4.38. The molecule has 7 heteroatoms. The summed E-state index contributed by atoms with van der Waals surface area (Å²) in [5.74, 6) is 0.319. The highest BCUT2D eigenvalue weighted by molar-refractivity contribution is 7.99. The molecule has 1 amide bonds. The van der Waals surface area contributed by atoms with Crippen LogP contribution in [0.4, 0.5) is 0 Å². The van der Waals surface area contributed by atoms with Crippen LogP contribution in [0.3, 0.4) is 0 Å². The standard InChI is InChI=1S/C15H20ClN3O2S/c1-3-7-19-13-5-4-11(16)9-12(13)18-15(19)22-10-14(20)17-6-8-21-2/h4-5,9H,3,6-8,10H2,1-2H3,(H,17,20). The van der Waals surface area contributed by atoms with Crippen molar-refractivity contribution in [1.82, 2.24) is 14.9 Å². The van der Waals surface area contributed by atoms with Gasteiger partial charge in [-0.3, -0.25) is 4.79 Å². The van der Waals surface area contributed by atoms with Crippen molar-refractivity contribution in [3.8, 4) is 0 Å². The zero-order valence-electron chi connectivity index (χ0n) is 12.8. The lowest BCUT2D eigenvalue weighted by molar-refractivity contribution is -0.118. The number of halogens is 1. The van der Waals surface area contributed by atoms with E-state index in [9.17, 15) is 4.79 Å². The normalized spacial score (nSPS) is 11.0. The van der Waals surface area contributed by atoms with E-state index in [2.05, 4.69) is 21.8 Å². The van der Waals surface area contributed by atoms with Crippen LogP contribution in [-0.2, 0) is 16.1 Å². The Bertz CT molecular complexity index is 645. The number of fused-ring (bicyclic) bond motifs is 1. The van der Waals surface area contributed by atoms with E-state index in [4.69, 9.17) is 16.3 Å². The molecule has 120 valence electrons. The quantitative estimate of drug-likeness (QED) is 0.592. The van der Waals surface area contributed by atoms with Crippen LogP contribution in [0.2, 0.25) is 5.02 Å². The SMILES string of the molecule is CCCn1c(SCC(=O)NCCOC)nc2cc(Cl)ccc21. The lowest BCUT2D eigenvalue weighted by atomic mass is 10.3. The number of hydrogen-bond donors (Lipinski definition) is 1. The first-order chi connectivity index (χ1) is 10.7. The lowest BCUT2D eigenvalue weighted by Crippen LogP contribution is -2.28. The Balaban J connectivity index is 2.09. The Morgan fingerprint density at radius 2 is 2.32 bits per heavy atom. The van der Waals surface area contributed by atoms with Gasteiger partial charge in [-0.1, -0.05) is 30.3 Å². The van der Waals surface area contributed by atoms with Gasteiger partial charge < -0.3 is 14.6 Å². The second-order valence-electron chi connectivity index (χ2n) is 4.81. The van der Waals surface area contributed by atoms with Crippen LogP contribution in [0.1, 0.15) is 13.3 Å². The molecule has 22 heavy (non-hydrogen) atoms. The van der Waals surface area contributed by atoms with Crippen LogP contribution in [0.15, 0.2) is 23.4 Å². The molecule has 0 radical (unpaired) electrons. The molecule has 5 nitrogen and oxygen atoms in total. The van der Waals surface area contributed by atoms with Gasteiger partial charge in [0.15, 0.2) is 5.16 Å². The number of nitrogens with zero attached hydrogens (tertiary/aromatic N) is 2. The van der Waals surface area contributed by atoms with Gasteiger partial charge in [-0.25, -0.2) is 4.98 Å². The van der Waals surface area contributed by atoms with Gasteiger partial charge in [0.05, 0.1) is 23.4 Å². The Kier molecular flexibility index (Phi) is 6.54. The van der Waals surface area contributed by atoms with Crippen LogP contribution < -0.4 is 5.32 Å². The van der Waals surface area contributed by atoms with Gasteiger partial charge in [-0.05, 0) is 24.6 Å². The van der Waals surface area contributed by atoms with E-state index in [0.717, 1.165) is 29.2 Å². The van der Waals surface area contributed by atoms with Gasteiger partial charge in [-0.15, -0.1) is 0 Å². The van der Waals surface area contributed by atoms with E-state index in [-0.39, 0.29) is 5.91 Å². The molecule has 0 unspecified atom stereocenters. The lowest BCUT2D eigenvalue weighted by Gasteiger charge is -2.07. The highest BCUT2D eigenvalue weighted by Gasteiger charge is 2.12. The van der Waals surface area contributed by atoms with Crippen molar-refractivity contribution in [2.75, 3.05) is 26.0 Å². The number of aryl methyl sites for hydroxylation is 1. The van der Waals surface area contributed by atoms with Gasteiger partial charge in [0.25, 0.3) is 0 Å². The number of imidazole rings is 1. The molecule has 0 bridgehead atoms. The summed E-state index contributed by atoms with van der Waals surface area (Å²) in [6, 6.07) is 5.69. The van der Waals surface area contributed by atoms with Gasteiger partial charge in [0.2, 0.25) is 5.91 Å². The van der Waals surface area contributed by atoms with E-state index < -0.39 is 0 Å². The number of carbonyl (C=O) groups excluding carboxylic acids is 1. The topological polar surface area (TPSA) is 56.2 Å². The second-order valence-corrected chi connectivity index (χ2v) is 6.19. The third-order valence-corrected chi connectivity index (χ3v) is 4.29. The Labute approximate surface area is 139 Å². The van der Waals surface area contributed by atoms with E-state index in [1.54, 1.807) is 7.11 Å². The molecule has 2 aromatic rings. The number of benzene rings is 1. The smallest absolute Gasteiger partial charge is 0.230 e. The fourth-order valence-corrected chi connectivity index (χ4v) is 3.14. The van der Waals surface area contributed by atoms with Crippen LogP contribution >= 0.6 is 23.4 Å². The van der Waals surface area contributed by atoms with Gasteiger partial charge in [-0.2, -0.15) is 0 Å². The highest BCUT2D eigenvalue weighted by Crippen LogP contribution is 2.26. The molecule has 1 aromatic heterocycles. The monoisotopic (exact) mass is 341 g/mol. The molecule has 1 N–H and O–H groups in total. The number of hydrogen-bond acceptors (Lipinski definition) is 4. The number of nitrogens with one attached hydrogen (secondary N) is 1. The number of thioether (sulfide) groups is 1. The molecule has 1 heterocycles. The van der Waals surface area contributed by atoms with E-state index in [0.29, 0.717) is 23.9 Å². The molecule has 0 atom stereocenters. The average molecular weight is 342 g/mol. The minimum absolute atomic E-state index is 0.0183. The molecule has 0 fully saturated rings. The Morgan fingerprint density at radius 1 is 1.50 bits per heavy atom. The number of rotatable bonds is 8. The molecular weight excluding hydrogens is 322 g/mol. The van der Waals surface area contributed by atoms with E-state index in [1.807, 2.05) is 18.2 Å². The summed E-state index contributed by atoms with van der Waals surface area (Å²) in [7, 11) is 1.61. The van der Waals surface area contributed by atoms with Crippen molar-refractivity contribution in [3.05, 3.63) is 23.2 Å². The summed E-state index contributed by atoms with van der Waals surface area (Å²) < 4.78 is 7.04. The van der Waals surface area contributed by atoms with Crippen LogP contribution in [0, 0.1) is 0 Å². The molecule has 0 aliphatic heterocycles. The number of aromatic nitrogens is 2. The summed E-state index contributed by atoms with van der Waals surface area (Å²) in [4.78, 5) is 16.4. The van der Waals surface area contributed by atoms with Gasteiger partial charge in [0.1, 0.15) is 0 Å². The largest absolute Gasteiger partial charge is 0.383 e. The minimum atomic E-state index is -0.0183. The minimum Gasteiger partial charge on any atom is -0.383 e. The van der Waals surface area contributed by atoms with Crippen molar-refractivity contribution in [2.45, 2.75) is 25.0 Å². The molecule has 0 saturated carbocycles. The van der Waals surface area contributed by atoms with Gasteiger partial charge in [0, 0.05) is 25.2 Å². The van der Waals surface area contributed by atoms with E-state index in [1.165, 1.54) is 11.8 Å². The number of methoxy groups -OCH3 is 1. The van der Waals surface area contributed by atoms with Crippen LogP contribution in [-0.4, -0.2) is 41.5 Å². The fraction of sp³-hybridized carbons (Fsp3) is 0.467. The maximum Gasteiger partial charge on any atom is 0.230 e. The molecule has 0 spiro atoms. The van der Waals surface area contributed by atoms with Crippen molar-refractivity contribution < 1.29 is 9.53 Å². The van der Waals surface area contributed by atoms with Crippen molar-refractivity contribution in [1.29, 1.82) is 0 Å².